The van der Waals surface area contributed by atoms with Crippen LogP contribution < -0.4 is 10.2 Å². The molecule has 1 aliphatic rings. The minimum absolute atomic E-state index is 0.224. The summed E-state index contributed by atoms with van der Waals surface area (Å²) in [5, 5.41) is 1.81. The number of alkyl halides is 6. The summed E-state index contributed by atoms with van der Waals surface area (Å²) in [7, 11) is 0. The summed E-state index contributed by atoms with van der Waals surface area (Å²) in [5.41, 5.74) is -2.81. The van der Waals surface area contributed by atoms with Crippen molar-refractivity contribution in [3.05, 3.63) is 59.7 Å². The monoisotopic (exact) mass is 443 g/mol. The third-order valence-electron chi connectivity index (χ3n) is 4.18. The third kappa shape index (κ3) is 4.73. The minimum atomic E-state index is -4.74. The average molecular weight is 443 g/mol. The first-order chi connectivity index (χ1) is 14.4. The van der Waals surface area contributed by atoms with E-state index in [9.17, 15) is 40.7 Å². The van der Waals surface area contributed by atoms with Crippen molar-refractivity contribution in [2.24, 2.45) is 10.9 Å². The summed E-state index contributed by atoms with van der Waals surface area (Å²) < 4.78 is 77.2. The lowest BCUT2D eigenvalue weighted by molar-refractivity contribution is -0.138. The van der Waals surface area contributed by atoms with Crippen molar-refractivity contribution in [2.45, 2.75) is 12.4 Å². The zero-order chi connectivity index (χ0) is 23.0. The number of amides is 4. The quantitative estimate of drug-likeness (QED) is 0.436. The first kappa shape index (κ1) is 22.0. The van der Waals surface area contributed by atoms with Crippen molar-refractivity contribution in [3.63, 3.8) is 0 Å². The van der Waals surface area contributed by atoms with Gasteiger partial charge in [0.05, 0.1) is 22.5 Å². The van der Waals surface area contributed by atoms with Gasteiger partial charge in [-0.25, -0.2) is 9.69 Å². The summed E-state index contributed by atoms with van der Waals surface area (Å²) >= 11 is 0. The Balaban J connectivity index is 1.91. The number of halogens is 6. The number of nitrogens with one attached hydrogen (secondary N) is 1. The number of anilines is 1. The summed E-state index contributed by atoms with van der Waals surface area (Å²) in [4.78, 5) is 40.8. The first-order valence-electron chi connectivity index (χ1n) is 8.45. The fraction of sp³-hybridized carbons (Fsp3) is 0.158. The Hall–Kier alpha value is -3.70. The number of barbiturate groups is 1. The Morgan fingerprint density at radius 3 is 2.06 bits per heavy atom. The molecule has 162 valence electrons. The molecule has 0 spiro atoms. The van der Waals surface area contributed by atoms with Gasteiger partial charge >= 0.3 is 18.4 Å². The molecule has 0 saturated carbocycles. The molecule has 3 rings (SSSR count). The highest BCUT2D eigenvalue weighted by molar-refractivity contribution is 6.32. The normalized spacial score (nSPS) is 17.9. The van der Waals surface area contributed by atoms with Crippen molar-refractivity contribution in [2.75, 3.05) is 4.90 Å². The number of carbonyl (C=O) groups is 3. The van der Waals surface area contributed by atoms with Crippen LogP contribution in [0.5, 0.6) is 0 Å². The predicted octanol–water partition coefficient (Wildman–Crippen LogP) is 4.33. The van der Waals surface area contributed by atoms with Gasteiger partial charge in [0.25, 0.3) is 5.91 Å². The molecule has 2 aromatic rings. The largest absolute Gasteiger partial charge is 0.416 e. The highest BCUT2D eigenvalue weighted by Gasteiger charge is 2.41. The van der Waals surface area contributed by atoms with E-state index in [1.54, 1.807) is 0 Å². The van der Waals surface area contributed by atoms with Crippen molar-refractivity contribution in [1.82, 2.24) is 5.32 Å². The fourth-order valence-electron chi connectivity index (χ4n) is 2.71. The van der Waals surface area contributed by atoms with Crippen LogP contribution in [0.4, 0.5) is 42.5 Å². The Morgan fingerprint density at radius 1 is 0.871 bits per heavy atom. The molecule has 0 bridgehead atoms. The van der Waals surface area contributed by atoms with Crippen molar-refractivity contribution in [1.29, 1.82) is 0 Å². The molecule has 0 radical (unpaired) electrons. The number of aliphatic imine (C=N–C) groups is 1. The number of hydrogen-bond acceptors (Lipinski definition) is 4. The predicted molar refractivity (Wildman–Crippen MR) is 95.6 cm³/mol. The maximum atomic E-state index is 12.9. The van der Waals surface area contributed by atoms with E-state index in [1.807, 2.05) is 5.32 Å². The molecule has 1 aliphatic heterocycles. The zero-order valence-corrected chi connectivity index (χ0v) is 15.2. The van der Waals surface area contributed by atoms with Gasteiger partial charge in [-0.15, -0.1) is 0 Å². The molecule has 31 heavy (non-hydrogen) atoms. The molecular weight excluding hydrogens is 432 g/mol. The Labute approximate surface area is 170 Å². The summed E-state index contributed by atoms with van der Waals surface area (Å²) in [6, 6.07) is 5.77. The van der Waals surface area contributed by atoms with Gasteiger partial charge in [-0.2, -0.15) is 26.3 Å². The molecule has 1 fully saturated rings. The molecule has 1 heterocycles. The molecule has 2 aromatic carbocycles. The van der Waals surface area contributed by atoms with Crippen molar-refractivity contribution >= 4 is 35.4 Å². The van der Waals surface area contributed by atoms with Gasteiger partial charge in [-0.05, 0) is 36.4 Å². The number of carbonyl (C=O) groups excluding carboxylic acids is 3. The van der Waals surface area contributed by atoms with E-state index in [0.29, 0.717) is 17.0 Å². The van der Waals surface area contributed by atoms with Crippen molar-refractivity contribution in [3.8, 4) is 0 Å². The first-order valence-corrected chi connectivity index (χ1v) is 8.45. The van der Waals surface area contributed by atoms with Crippen LogP contribution in [-0.4, -0.2) is 24.1 Å². The number of nitrogens with zero attached hydrogens (tertiary/aromatic N) is 2. The van der Waals surface area contributed by atoms with Gasteiger partial charge in [-0.1, -0.05) is 12.1 Å². The summed E-state index contributed by atoms with van der Waals surface area (Å²) in [6.07, 6.45) is -8.66. The smallest absolute Gasteiger partial charge is 0.276 e. The van der Waals surface area contributed by atoms with E-state index in [2.05, 4.69) is 4.99 Å². The topological polar surface area (TPSA) is 78.8 Å². The highest BCUT2D eigenvalue weighted by Crippen LogP contribution is 2.33. The average Bonchev–Trinajstić information content (AvgIpc) is 2.67. The van der Waals surface area contributed by atoms with E-state index >= 15 is 0 Å². The van der Waals surface area contributed by atoms with Crippen LogP contribution >= 0.6 is 0 Å². The van der Waals surface area contributed by atoms with E-state index in [1.165, 1.54) is 6.07 Å². The van der Waals surface area contributed by atoms with Crippen LogP contribution in [0, 0.1) is 5.92 Å². The van der Waals surface area contributed by atoms with Crippen LogP contribution in [-0.2, 0) is 21.9 Å². The molecule has 6 nitrogen and oxygen atoms in total. The second-order valence-corrected chi connectivity index (χ2v) is 6.32. The van der Waals surface area contributed by atoms with Crippen LogP contribution in [0.1, 0.15) is 11.1 Å². The van der Waals surface area contributed by atoms with E-state index in [-0.39, 0.29) is 5.69 Å². The van der Waals surface area contributed by atoms with Crippen LogP contribution in [0.2, 0.25) is 0 Å². The second-order valence-electron chi connectivity index (χ2n) is 6.32. The van der Waals surface area contributed by atoms with Gasteiger partial charge in [0.2, 0.25) is 5.91 Å². The maximum absolute atomic E-state index is 12.9. The molecule has 1 N–H and O–H groups in total. The molecule has 0 unspecified atom stereocenters. The van der Waals surface area contributed by atoms with Gasteiger partial charge in [-0.3, -0.25) is 19.9 Å². The Kier molecular flexibility index (Phi) is 5.57. The van der Waals surface area contributed by atoms with Gasteiger partial charge < -0.3 is 0 Å². The molecule has 0 aliphatic carbocycles. The lowest BCUT2D eigenvalue weighted by Gasteiger charge is -2.28. The SMILES string of the molecule is O=C1NC(=O)N(c2cccc(C(F)(F)F)c2)C(=O)[C@@H]1C=Nc1cccc(C(F)(F)F)c1. The van der Waals surface area contributed by atoms with Crippen LogP contribution in [0.15, 0.2) is 53.5 Å². The van der Waals surface area contributed by atoms with E-state index in [4.69, 9.17) is 0 Å². The van der Waals surface area contributed by atoms with Crippen LogP contribution in [0.3, 0.4) is 0 Å². The van der Waals surface area contributed by atoms with E-state index < -0.39 is 52.9 Å². The van der Waals surface area contributed by atoms with E-state index in [0.717, 1.165) is 36.5 Å². The molecule has 4 amide bonds. The number of urea groups is 1. The van der Waals surface area contributed by atoms with Crippen molar-refractivity contribution < 1.29 is 40.7 Å². The molecular formula is C19H11F6N3O3. The van der Waals surface area contributed by atoms with Gasteiger partial charge in [0.15, 0.2) is 5.92 Å². The lowest BCUT2D eigenvalue weighted by atomic mass is 10.0. The lowest BCUT2D eigenvalue weighted by Crippen LogP contribution is -2.58. The standard InChI is InChI=1S/C19H11F6N3O3/c20-18(21,22)10-3-1-5-12(7-10)26-9-14-15(29)27-17(31)28(16(14)30)13-6-2-4-11(8-13)19(23,24)25/h1-9,14H,(H,27,29,31)/t14-/m1/s1. The Bertz CT molecular complexity index is 1080. The zero-order valence-electron chi connectivity index (χ0n) is 15.2. The third-order valence-corrected chi connectivity index (χ3v) is 4.18. The summed E-state index contributed by atoms with van der Waals surface area (Å²) in [6.45, 7) is 0. The second kappa shape index (κ2) is 7.85. The van der Waals surface area contributed by atoms with Gasteiger partial charge in [0.1, 0.15) is 0 Å². The number of benzene rings is 2. The maximum Gasteiger partial charge on any atom is 0.416 e. The minimum Gasteiger partial charge on any atom is -0.276 e. The number of rotatable bonds is 3. The van der Waals surface area contributed by atoms with Gasteiger partial charge in [0, 0.05) is 6.21 Å². The molecule has 1 saturated heterocycles. The number of hydrogen-bond donors (Lipinski definition) is 1. The fourth-order valence-corrected chi connectivity index (χ4v) is 2.71. The number of imide groups is 2. The van der Waals surface area contributed by atoms with Crippen LogP contribution in [0.25, 0.3) is 0 Å². The molecule has 1 atom stereocenters. The highest BCUT2D eigenvalue weighted by atomic mass is 19.4. The Morgan fingerprint density at radius 2 is 1.45 bits per heavy atom. The summed E-state index contributed by atoms with van der Waals surface area (Å²) in [5.74, 6) is -4.07. The molecule has 0 aromatic heterocycles. The molecule has 12 heteroatoms.